The molecule has 0 radical (unpaired) electrons. The molecule has 3 saturated carbocycles. The van der Waals surface area contributed by atoms with Crippen molar-refractivity contribution in [2.45, 2.75) is 278 Å². The lowest BCUT2D eigenvalue weighted by Crippen LogP contribution is -2.65. The molecule has 29 nitrogen and oxygen atoms in total. The van der Waals surface area contributed by atoms with Crippen LogP contribution >= 0.6 is 0 Å². The van der Waals surface area contributed by atoms with E-state index in [2.05, 4.69) is 33.8 Å². The van der Waals surface area contributed by atoms with E-state index in [4.69, 9.17) is 47.4 Å². The smallest absolute Gasteiger partial charge is 0.187 e. The van der Waals surface area contributed by atoms with E-state index in [-0.39, 0.29) is 47.7 Å². The number of hydrogen-bond acceptors (Lipinski definition) is 29. The number of hydrogen-bond donors (Lipinski definition) is 18. The Labute approximate surface area is 516 Å². The molecule has 5 saturated heterocycles. The lowest BCUT2D eigenvalue weighted by Gasteiger charge is -2.65. The lowest BCUT2D eigenvalue weighted by atomic mass is 9.38. The van der Waals surface area contributed by atoms with Crippen LogP contribution in [0.2, 0.25) is 0 Å². The van der Waals surface area contributed by atoms with Gasteiger partial charge in [0, 0.05) is 17.3 Å². The second kappa shape index (κ2) is 27.4. The average Bonchev–Trinajstić information content (AvgIpc) is 1.66. The van der Waals surface area contributed by atoms with Crippen molar-refractivity contribution in [1.82, 2.24) is 0 Å². The summed E-state index contributed by atoms with van der Waals surface area (Å²) in [5.41, 5.74) is -2.96. The summed E-state index contributed by atoms with van der Waals surface area (Å²) in [5.74, 6) is -0.178. The molecule has 8 fully saturated rings. The number of carbonyl (C=O) groups excluding carboxylic acids is 1. The molecule has 0 aromatic carbocycles. The minimum atomic E-state index is -1.97. The lowest BCUT2D eigenvalue weighted by molar-refractivity contribution is -0.380. The molecule has 0 aromatic heterocycles. The number of allylic oxidation sites excluding steroid dienone is 1. The maximum Gasteiger partial charge on any atom is 0.187 e. The van der Waals surface area contributed by atoms with Crippen molar-refractivity contribution in [3.05, 3.63) is 11.6 Å². The fourth-order valence-electron chi connectivity index (χ4n) is 16.7. The monoisotopic (exact) mass is 1280 g/mol. The van der Waals surface area contributed by atoms with Gasteiger partial charge in [0.2, 0.25) is 0 Å². The third-order valence-corrected chi connectivity index (χ3v) is 22.6. The summed E-state index contributed by atoms with van der Waals surface area (Å²) in [6, 6.07) is 0. The summed E-state index contributed by atoms with van der Waals surface area (Å²) in [4.78, 5) is 15.4. The van der Waals surface area contributed by atoms with Gasteiger partial charge in [-0.15, -0.1) is 0 Å². The van der Waals surface area contributed by atoms with Gasteiger partial charge in [-0.1, -0.05) is 53.2 Å². The first-order chi connectivity index (χ1) is 41.6. The summed E-state index contributed by atoms with van der Waals surface area (Å²) < 4.78 is 59.2. The van der Waals surface area contributed by atoms with Gasteiger partial charge in [-0.25, -0.2) is 0 Å². The number of carbonyl (C=O) groups is 1. The molecule has 6 unspecified atom stereocenters. The van der Waals surface area contributed by atoms with E-state index < -0.39 is 221 Å². The van der Waals surface area contributed by atoms with E-state index in [0.717, 1.165) is 18.4 Å². The van der Waals surface area contributed by atoms with Gasteiger partial charge in [0.25, 0.3) is 0 Å². The third kappa shape index (κ3) is 13.0. The highest BCUT2D eigenvalue weighted by atomic mass is 16.8. The first-order valence-electron chi connectivity index (χ1n) is 31.4. The zero-order valence-corrected chi connectivity index (χ0v) is 51.7. The number of ether oxygens (including phenoxy) is 10. The molecular formula is C60H100O29. The SMILES string of the molecule is CC(CC[C@@H](O[C@@H]1O[C@@H](CO[C@@H]2O[C@@H](CO)[C@@H](O)[C@H](O)C2O)[C@@H](O)[C@H](O)C1O[C@@H]1O[C@H](CO)[C@@H](O)[C@H](O)C1O)C(C)(C)O)[C@@H]1CC[C@]2(C)[C@@H]3CC=C4[C@@H](CC[C@H](O[C@@H]5OC(CO[C@@H]6O[C@@H](CO)[C@@H](O)[C@H](O)C6O)[C@@H](O)[C@H](O)[C@@H]5O)C4(C)C)[C@@]3(C)C(=O)C[C@]12C. The van der Waals surface area contributed by atoms with Gasteiger partial charge >= 0.3 is 0 Å². The van der Waals surface area contributed by atoms with Crippen molar-refractivity contribution in [3.8, 4) is 0 Å². The van der Waals surface area contributed by atoms with Crippen LogP contribution in [0.25, 0.3) is 0 Å². The third-order valence-electron chi connectivity index (χ3n) is 22.6. The molecule has 9 aliphatic rings. The predicted octanol–water partition coefficient (Wildman–Crippen LogP) is -5.20. The Hall–Kier alpha value is -1.71. The van der Waals surface area contributed by atoms with Gasteiger partial charge in [-0.05, 0) is 93.3 Å². The van der Waals surface area contributed by atoms with Crippen LogP contribution < -0.4 is 0 Å². The quantitative estimate of drug-likeness (QED) is 0.0507. The number of rotatable bonds is 20. The first kappa shape index (κ1) is 71.6. The molecule has 0 bridgehead atoms. The van der Waals surface area contributed by atoms with Crippen LogP contribution in [-0.2, 0) is 52.2 Å². The van der Waals surface area contributed by atoms with E-state index in [1.807, 2.05) is 13.8 Å². The Balaban J connectivity index is 0.884. The van der Waals surface area contributed by atoms with Gasteiger partial charge < -0.3 is 139 Å². The Kier molecular flexibility index (Phi) is 22.1. The summed E-state index contributed by atoms with van der Waals surface area (Å²) in [6.07, 6.45) is -37.4. The zero-order valence-electron chi connectivity index (χ0n) is 51.7. The van der Waals surface area contributed by atoms with E-state index in [1.165, 1.54) is 13.8 Å². The largest absolute Gasteiger partial charge is 0.394 e. The summed E-state index contributed by atoms with van der Waals surface area (Å²) in [5, 5.41) is 192. The number of aliphatic hydroxyl groups excluding tert-OH is 17. The summed E-state index contributed by atoms with van der Waals surface area (Å²) in [6.45, 7) is 12.2. The number of ketones is 1. The number of aliphatic hydroxyl groups is 18. The second-order valence-corrected chi connectivity index (χ2v) is 28.5. The highest BCUT2D eigenvalue weighted by Crippen LogP contribution is 2.74. The van der Waals surface area contributed by atoms with Crippen molar-refractivity contribution in [3.63, 3.8) is 0 Å². The molecule has 5 heterocycles. The molecule has 0 aromatic rings. The highest BCUT2D eigenvalue weighted by Gasteiger charge is 2.71. The van der Waals surface area contributed by atoms with Crippen molar-refractivity contribution >= 4 is 5.78 Å². The topological polar surface area (TPSA) is 474 Å². The van der Waals surface area contributed by atoms with Gasteiger partial charge in [0.1, 0.15) is 128 Å². The molecular weight excluding hydrogens is 1180 g/mol. The molecule has 89 heavy (non-hydrogen) atoms. The van der Waals surface area contributed by atoms with Crippen LogP contribution in [-0.4, -0.2) is 302 Å². The molecule has 9 rings (SSSR count). The molecule has 5 aliphatic heterocycles. The summed E-state index contributed by atoms with van der Waals surface area (Å²) in [7, 11) is 0. The van der Waals surface area contributed by atoms with Crippen molar-refractivity contribution < 1.29 is 144 Å². The molecule has 34 atom stereocenters. The highest BCUT2D eigenvalue weighted by molar-refractivity contribution is 5.88. The Morgan fingerprint density at radius 3 is 1.47 bits per heavy atom. The first-order valence-corrected chi connectivity index (χ1v) is 31.4. The van der Waals surface area contributed by atoms with Crippen molar-refractivity contribution in [1.29, 1.82) is 0 Å². The molecule has 29 heteroatoms. The van der Waals surface area contributed by atoms with Crippen molar-refractivity contribution in [2.75, 3.05) is 33.0 Å². The van der Waals surface area contributed by atoms with Crippen LogP contribution in [0, 0.1) is 45.3 Å². The normalized spacial score (nSPS) is 51.0. The minimum absolute atomic E-state index is 0.00532. The zero-order chi connectivity index (χ0) is 65.5. The molecule has 514 valence electrons. The van der Waals surface area contributed by atoms with E-state index in [0.29, 0.717) is 25.7 Å². The maximum absolute atomic E-state index is 15.4. The van der Waals surface area contributed by atoms with Gasteiger partial charge in [-0.3, -0.25) is 4.79 Å². The predicted molar refractivity (Wildman–Crippen MR) is 299 cm³/mol. The van der Waals surface area contributed by atoms with Gasteiger partial charge in [0.05, 0.1) is 50.8 Å². The van der Waals surface area contributed by atoms with Crippen LogP contribution in [0.1, 0.15) is 107 Å². The molecule has 0 amide bonds. The summed E-state index contributed by atoms with van der Waals surface area (Å²) >= 11 is 0. The Morgan fingerprint density at radius 2 is 0.978 bits per heavy atom. The average molecular weight is 1290 g/mol. The Bertz CT molecular complexity index is 2390. The van der Waals surface area contributed by atoms with E-state index >= 15 is 4.79 Å². The van der Waals surface area contributed by atoms with Gasteiger partial charge in [-0.2, -0.15) is 0 Å². The molecule has 18 N–H and O–H groups in total. The molecule has 4 aliphatic carbocycles. The van der Waals surface area contributed by atoms with E-state index in [1.54, 1.807) is 0 Å². The van der Waals surface area contributed by atoms with Crippen LogP contribution in [0.4, 0.5) is 0 Å². The second-order valence-electron chi connectivity index (χ2n) is 28.5. The maximum atomic E-state index is 15.4. The number of Topliss-reactive ketones (excluding diaryl/α,β-unsaturated/α-hetero) is 1. The van der Waals surface area contributed by atoms with Crippen LogP contribution in [0.5, 0.6) is 0 Å². The standard InChI is InChI=1S/C60H100O29/c1-23(9-13-35(57(4,5)79)88-55-50(89-54-49(78)43(72)38(67)29(20-63)84-54)45(74)40(69)31(86-55)22-81-52-47(76)42(71)37(66)28(19-62)83-52)24-15-16-58(6)32-12-10-25-26(60(32,8)33(64)17-59(24,58)7)11-14-34(56(25,2)3)87-53-48(77)44(73)39(68)30(85-53)21-80-51-46(75)41(70)36(65)27(18-61)82-51/h10,23-24,26-32,34-55,61-63,65-79H,9,11-22H2,1-8H3/t23?,24-,26+,27-,28-,29+,30?,31-,32-,34-,35+,36+,37+,38+,39+,40+,41-,42-,43-,44-,45-,46?,47?,48-,49?,50?,51+,52+,53-,54-,55-,58+,59+,60+/m0/s1. The Morgan fingerprint density at radius 1 is 0.539 bits per heavy atom. The minimum Gasteiger partial charge on any atom is -0.394 e. The van der Waals surface area contributed by atoms with Crippen molar-refractivity contribution in [2.24, 2.45) is 45.3 Å². The van der Waals surface area contributed by atoms with Crippen LogP contribution in [0.3, 0.4) is 0 Å². The van der Waals surface area contributed by atoms with Gasteiger partial charge in [0.15, 0.2) is 31.5 Å². The number of fused-ring (bicyclic) bond motifs is 5. The van der Waals surface area contributed by atoms with Crippen LogP contribution in [0.15, 0.2) is 11.6 Å². The fraction of sp³-hybridized carbons (Fsp3) is 0.950. The van der Waals surface area contributed by atoms with E-state index in [9.17, 15) is 91.9 Å². The molecule has 0 spiro atoms. The fourth-order valence-corrected chi connectivity index (χ4v) is 16.7.